The Morgan fingerprint density at radius 3 is 2.21 bits per heavy atom. The van der Waals surface area contributed by atoms with Gasteiger partial charge >= 0.3 is 0 Å². The largest absolute Gasteiger partial charge is 0.314 e. The topological polar surface area (TPSA) is 20.3 Å². The standard InChI is InChI=1S/C17H17NO/c1-12-8-4-5-9-13(12)17(2)14-10-6-7-11-15(14)18(3)16(17)19/h4-11H,1-3H3/t17-/m0/s1. The van der Waals surface area contributed by atoms with Gasteiger partial charge in [-0.25, -0.2) is 0 Å². The van der Waals surface area contributed by atoms with Crippen LogP contribution >= 0.6 is 0 Å². The molecule has 0 unspecified atom stereocenters. The average Bonchev–Trinajstić information content (AvgIpc) is 2.63. The van der Waals surface area contributed by atoms with Gasteiger partial charge in [0.2, 0.25) is 5.91 Å². The van der Waals surface area contributed by atoms with Crippen molar-refractivity contribution in [2.75, 3.05) is 11.9 Å². The number of hydrogen-bond donors (Lipinski definition) is 0. The number of amides is 1. The molecular weight excluding hydrogens is 234 g/mol. The van der Waals surface area contributed by atoms with E-state index in [1.807, 2.05) is 44.3 Å². The number of rotatable bonds is 1. The number of carbonyl (C=O) groups excluding carboxylic acids is 1. The smallest absolute Gasteiger partial charge is 0.241 e. The lowest BCUT2D eigenvalue weighted by molar-refractivity contribution is -0.121. The molecule has 0 radical (unpaired) electrons. The summed E-state index contributed by atoms with van der Waals surface area (Å²) in [6.07, 6.45) is 0. The van der Waals surface area contributed by atoms with E-state index in [1.165, 1.54) is 0 Å². The minimum absolute atomic E-state index is 0.142. The summed E-state index contributed by atoms with van der Waals surface area (Å²) in [5.41, 5.74) is 3.78. The number of para-hydroxylation sites is 1. The number of anilines is 1. The summed E-state index contributed by atoms with van der Waals surface area (Å²) in [6.45, 7) is 4.09. The predicted octanol–water partition coefficient (Wildman–Crippen LogP) is 3.28. The average molecular weight is 251 g/mol. The second-order valence-corrected chi connectivity index (χ2v) is 5.32. The predicted molar refractivity (Wildman–Crippen MR) is 77.5 cm³/mol. The normalized spacial score (nSPS) is 21.6. The maximum atomic E-state index is 12.8. The molecule has 0 aromatic heterocycles. The van der Waals surface area contributed by atoms with E-state index in [0.717, 1.165) is 22.4 Å². The van der Waals surface area contributed by atoms with Crippen molar-refractivity contribution in [1.29, 1.82) is 0 Å². The van der Waals surface area contributed by atoms with Crippen molar-refractivity contribution in [3.05, 3.63) is 65.2 Å². The molecule has 0 bridgehead atoms. The Morgan fingerprint density at radius 2 is 1.53 bits per heavy atom. The van der Waals surface area contributed by atoms with Crippen molar-refractivity contribution in [3.63, 3.8) is 0 Å². The van der Waals surface area contributed by atoms with Gasteiger partial charge in [0, 0.05) is 12.7 Å². The Bertz CT molecular complexity index is 662. The van der Waals surface area contributed by atoms with Gasteiger partial charge in [0.25, 0.3) is 0 Å². The van der Waals surface area contributed by atoms with E-state index in [4.69, 9.17) is 0 Å². The van der Waals surface area contributed by atoms with Gasteiger partial charge in [0.15, 0.2) is 0 Å². The molecule has 1 aliphatic rings. The van der Waals surface area contributed by atoms with Gasteiger partial charge in [0.1, 0.15) is 0 Å². The fourth-order valence-electron chi connectivity index (χ4n) is 3.14. The lowest BCUT2D eigenvalue weighted by Crippen LogP contribution is -2.37. The second-order valence-electron chi connectivity index (χ2n) is 5.32. The quantitative estimate of drug-likeness (QED) is 0.761. The first-order valence-corrected chi connectivity index (χ1v) is 6.50. The number of aryl methyl sites for hydroxylation is 1. The Balaban J connectivity index is 2.31. The highest BCUT2D eigenvalue weighted by atomic mass is 16.2. The van der Waals surface area contributed by atoms with Gasteiger partial charge in [-0.1, -0.05) is 42.5 Å². The maximum absolute atomic E-state index is 12.8. The van der Waals surface area contributed by atoms with Crippen LogP contribution in [0.1, 0.15) is 23.6 Å². The molecule has 2 aromatic rings. The number of likely N-dealkylation sites (N-methyl/N-ethyl adjacent to an activating group) is 1. The first kappa shape index (κ1) is 12.0. The molecule has 0 aliphatic carbocycles. The van der Waals surface area contributed by atoms with Crippen LogP contribution in [-0.4, -0.2) is 13.0 Å². The highest BCUT2D eigenvalue weighted by Gasteiger charge is 2.47. The summed E-state index contributed by atoms with van der Waals surface area (Å²) < 4.78 is 0. The Morgan fingerprint density at radius 1 is 0.947 bits per heavy atom. The van der Waals surface area contributed by atoms with Gasteiger partial charge in [-0.3, -0.25) is 4.79 Å². The number of carbonyl (C=O) groups is 1. The van der Waals surface area contributed by atoms with Crippen LogP contribution in [0.2, 0.25) is 0 Å². The molecule has 0 spiro atoms. The molecule has 0 saturated heterocycles. The molecule has 1 amide bonds. The molecule has 1 aliphatic heterocycles. The van der Waals surface area contributed by atoms with Crippen molar-refractivity contribution >= 4 is 11.6 Å². The zero-order valence-electron chi connectivity index (χ0n) is 11.5. The molecule has 0 saturated carbocycles. The third-order valence-electron chi connectivity index (χ3n) is 4.22. The van der Waals surface area contributed by atoms with Crippen molar-refractivity contribution in [2.24, 2.45) is 0 Å². The first-order valence-electron chi connectivity index (χ1n) is 6.50. The van der Waals surface area contributed by atoms with E-state index >= 15 is 0 Å². The fourth-order valence-corrected chi connectivity index (χ4v) is 3.14. The fraction of sp³-hybridized carbons (Fsp3) is 0.235. The lowest BCUT2D eigenvalue weighted by Gasteiger charge is -2.25. The number of fused-ring (bicyclic) bond motifs is 1. The summed E-state index contributed by atoms with van der Waals surface area (Å²) in [7, 11) is 1.85. The summed E-state index contributed by atoms with van der Waals surface area (Å²) in [5, 5.41) is 0. The monoisotopic (exact) mass is 251 g/mol. The van der Waals surface area contributed by atoms with E-state index in [0.29, 0.717) is 0 Å². The van der Waals surface area contributed by atoms with E-state index in [1.54, 1.807) is 4.90 Å². The Hall–Kier alpha value is -2.09. The Kier molecular flexibility index (Phi) is 2.49. The molecule has 0 fully saturated rings. The molecule has 3 rings (SSSR count). The molecule has 0 N–H and O–H groups in total. The van der Waals surface area contributed by atoms with Crippen LogP contribution in [0.15, 0.2) is 48.5 Å². The summed E-state index contributed by atoms with van der Waals surface area (Å²) in [5.74, 6) is 0.142. The summed E-state index contributed by atoms with van der Waals surface area (Å²) in [4.78, 5) is 14.5. The van der Waals surface area contributed by atoms with Gasteiger partial charge in [-0.05, 0) is 36.6 Å². The van der Waals surface area contributed by atoms with E-state index in [-0.39, 0.29) is 5.91 Å². The van der Waals surface area contributed by atoms with Crippen molar-refractivity contribution in [1.82, 2.24) is 0 Å². The first-order chi connectivity index (χ1) is 9.06. The van der Waals surface area contributed by atoms with Crippen LogP contribution in [0, 0.1) is 6.92 Å². The van der Waals surface area contributed by atoms with Crippen LogP contribution in [0.3, 0.4) is 0 Å². The van der Waals surface area contributed by atoms with Crippen molar-refractivity contribution < 1.29 is 4.79 Å². The van der Waals surface area contributed by atoms with Crippen molar-refractivity contribution in [3.8, 4) is 0 Å². The highest BCUT2D eigenvalue weighted by Crippen LogP contribution is 2.45. The van der Waals surface area contributed by atoms with Crippen LogP contribution in [-0.2, 0) is 10.2 Å². The molecule has 2 nitrogen and oxygen atoms in total. The zero-order chi connectivity index (χ0) is 13.6. The third-order valence-corrected chi connectivity index (χ3v) is 4.22. The molecule has 96 valence electrons. The van der Waals surface area contributed by atoms with E-state index in [2.05, 4.69) is 25.1 Å². The second kappa shape index (κ2) is 3.95. The number of benzene rings is 2. The van der Waals surface area contributed by atoms with Gasteiger partial charge < -0.3 is 4.90 Å². The SMILES string of the molecule is Cc1ccccc1[C@]1(C)C(=O)N(C)c2ccccc21. The number of nitrogens with zero attached hydrogens (tertiary/aromatic N) is 1. The van der Waals surface area contributed by atoms with E-state index in [9.17, 15) is 4.79 Å². The molecule has 1 heterocycles. The van der Waals surface area contributed by atoms with Gasteiger partial charge in [-0.2, -0.15) is 0 Å². The maximum Gasteiger partial charge on any atom is 0.241 e. The molecular formula is C17H17NO. The molecule has 2 heteroatoms. The number of hydrogen-bond acceptors (Lipinski definition) is 1. The summed E-state index contributed by atoms with van der Waals surface area (Å²) in [6, 6.07) is 16.2. The third kappa shape index (κ3) is 1.46. The Labute approximate surface area is 113 Å². The van der Waals surface area contributed by atoms with Crippen molar-refractivity contribution in [2.45, 2.75) is 19.3 Å². The summed E-state index contributed by atoms with van der Waals surface area (Å²) >= 11 is 0. The molecule has 2 aromatic carbocycles. The lowest BCUT2D eigenvalue weighted by atomic mass is 9.75. The minimum atomic E-state index is -0.573. The zero-order valence-corrected chi connectivity index (χ0v) is 11.5. The van der Waals surface area contributed by atoms with Crippen LogP contribution < -0.4 is 4.90 Å². The van der Waals surface area contributed by atoms with Gasteiger partial charge in [-0.15, -0.1) is 0 Å². The molecule has 1 atom stereocenters. The molecule has 19 heavy (non-hydrogen) atoms. The van der Waals surface area contributed by atoms with Crippen LogP contribution in [0.5, 0.6) is 0 Å². The van der Waals surface area contributed by atoms with Gasteiger partial charge in [0.05, 0.1) is 5.41 Å². The van der Waals surface area contributed by atoms with Crippen LogP contribution in [0.4, 0.5) is 5.69 Å². The van der Waals surface area contributed by atoms with Crippen LogP contribution in [0.25, 0.3) is 0 Å². The van der Waals surface area contributed by atoms with E-state index < -0.39 is 5.41 Å². The minimum Gasteiger partial charge on any atom is -0.314 e. The highest BCUT2D eigenvalue weighted by molar-refractivity contribution is 6.09.